The number of benzene rings is 1. The van der Waals surface area contributed by atoms with Crippen LogP contribution >= 0.6 is 23.2 Å². The molecule has 1 aromatic heterocycles. The lowest BCUT2D eigenvalue weighted by atomic mass is 9.83. The third-order valence-electron chi connectivity index (χ3n) is 5.45. The van der Waals surface area contributed by atoms with Crippen LogP contribution in [0.3, 0.4) is 0 Å². The summed E-state index contributed by atoms with van der Waals surface area (Å²) in [5.41, 5.74) is 0.481. The number of amides is 2. The van der Waals surface area contributed by atoms with Crippen LogP contribution in [0.15, 0.2) is 36.5 Å². The molecule has 0 bridgehead atoms. The van der Waals surface area contributed by atoms with Gasteiger partial charge < -0.3 is 15.5 Å². The number of aromatic nitrogens is 1. The van der Waals surface area contributed by atoms with Crippen molar-refractivity contribution in [3.63, 3.8) is 0 Å². The highest BCUT2D eigenvalue weighted by Gasteiger charge is 2.38. The average Bonchev–Trinajstić information content (AvgIpc) is 3.54. The van der Waals surface area contributed by atoms with E-state index in [0.717, 1.165) is 19.4 Å². The first-order valence-corrected chi connectivity index (χ1v) is 11.4. The molecule has 1 heterocycles. The van der Waals surface area contributed by atoms with Crippen molar-refractivity contribution in [2.75, 3.05) is 32.0 Å². The summed E-state index contributed by atoms with van der Waals surface area (Å²) in [5, 5.41) is 5.68. The second-order valence-corrected chi connectivity index (χ2v) is 8.94. The maximum absolute atomic E-state index is 15.0. The molecule has 2 aromatic rings. The number of pyridine rings is 1. The Morgan fingerprint density at radius 3 is 2.66 bits per heavy atom. The summed E-state index contributed by atoms with van der Waals surface area (Å²) in [6.07, 6.45) is 3.65. The van der Waals surface area contributed by atoms with E-state index in [-0.39, 0.29) is 23.2 Å². The Morgan fingerprint density at radius 1 is 1.25 bits per heavy atom. The van der Waals surface area contributed by atoms with Crippen LogP contribution in [-0.4, -0.2) is 48.4 Å². The van der Waals surface area contributed by atoms with Crippen LogP contribution in [0, 0.1) is 17.7 Å². The van der Waals surface area contributed by atoms with Crippen LogP contribution in [0.1, 0.15) is 31.2 Å². The van der Waals surface area contributed by atoms with Crippen molar-refractivity contribution in [3.8, 4) is 0 Å². The van der Waals surface area contributed by atoms with Crippen LogP contribution < -0.4 is 10.6 Å². The van der Waals surface area contributed by atoms with Crippen LogP contribution in [-0.2, 0) is 9.59 Å². The molecule has 1 fully saturated rings. The molecule has 2 atom stereocenters. The molecule has 1 unspecified atom stereocenters. The normalized spacial score (nSPS) is 15.3. The van der Waals surface area contributed by atoms with Crippen molar-refractivity contribution >= 4 is 40.7 Å². The van der Waals surface area contributed by atoms with Crippen molar-refractivity contribution in [1.29, 1.82) is 0 Å². The minimum Gasteiger partial charge on any atom is -0.356 e. The molecule has 1 aliphatic rings. The van der Waals surface area contributed by atoms with Gasteiger partial charge in [-0.25, -0.2) is 9.37 Å². The number of carbonyl (C=O) groups excluding carboxylic acids is 2. The summed E-state index contributed by atoms with van der Waals surface area (Å²) in [6, 6.07) is 8.04. The van der Waals surface area contributed by atoms with Gasteiger partial charge in [0.05, 0.1) is 11.8 Å². The van der Waals surface area contributed by atoms with E-state index >= 15 is 4.39 Å². The number of anilines is 1. The molecule has 1 aromatic carbocycles. The minimum absolute atomic E-state index is 0.0283. The van der Waals surface area contributed by atoms with E-state index in [1.807, 2.05) is 11.9 Å². The molecule has 0 spiro atoms. The maximum atomic E-state index is 15.0. The SMILES string of the molecule is CCNC(=O)[C@H](CN(C)CC1CC1)C(C(=O)Nc1cccc(Cl)c1)c1ccnc(Cl)c1F. The Labute approximate surface area is 197 Å². The first-order valence-electron chi connectivity index (χ1n) is 10.6. The summed E-state index contributed by atoms with van der Waals surface area (Å²) in [7, 11) is 1.91. The first kappa shape index (κ1) is 24.4. The number of rotatable bonds is 10. The van der Waals surface area contributed by atoms with Crippen LogP contribution in [0.2, 0.25) is 10.2 Å². The summed E-state index contributed by atoms with van der Waals surface area (Å²) in [5.74, 6) is -3.02. The molecule has 1 aliphatic carbocycles. The van der Waals surface area contributed by atoms with E-state index in [2.05, 4.69) is 15.6 Å². The first-order chi connectivity index (χ1) is 15.3. The highest BCUT2D eigenvalue weighted by molar-refractivity contribution is 6.31. The second-order valence-electron chi connectivity index (χ2n) is 8.15. The lowest BCUT2D eigenvalue weighted by Gasteiger charge is -2.30. The zero-order valence-electron chi connectivity index (χ0n) is 18.1. The van der Waals surface area contributed by atoms with Gasteiger partial charge in [0.15, 0.2) is 11.0 Å². The van der Waals surface area contributed by atoms with Crippen molar-refractivity contribution in [3.05, 3.63) is 58.1 Å². The van der Waals surface area contributed by atoms with Crippen molar-refractivity contribution < 1.29 is 14.0 Å². The molecule has 0 saturated heterocycles. The molecule has 172 valence electrons. The number of halogens is 3. The lowest BCUT2D eigenvalue weighted by Crippen LogP contribution is -2.44. The van der Waals surface area contributed by atoms with Gasteiger partial charge in [-0.05, 0) is 57.0 Å². The molecule has 2 N–H and O–H groups in total. The molecule has 2 amide bonds. The van der Waals surface area contributed by atoms with E-state index in [4.69, 9.17) is 23.2 Å². The number of hydrogen-bond acceptors (Lipinski definition) is 4. The zero-order chi connectivity index (χ0) is 23.3. The fourth-order valence-corrected chi connectivity index (χ4v) is 4.15. The van der Waals surface area contributed by atoms with Crippen LogP contribution in [0.25, 0.3) is 0 Å². The van der Waals surface area contributed by atoms with Crippen molar-refractivity contribution in [2.24, 2.45) is 11.8 Å². The molecule has 9 heteroatoms. The fraction of sp³-hybridized carbons (Fsp3) is 0.435. The smallest absolute Gasteiger partial charge is 0.232 e. The maximum Gasteiger partial charge on any atom is 0.232 e. The number of nitrogens with one attached hydrogen (secondary N) is 2. The van der Waals surface area contributed by atoms with E-state index in [1.54, 1.807) is 31.2 Å². The highest BCUT2D eigenvalue weighted by Crippen LogP contribution is 2.34. The Balaban J connectivity index is 1.98. The van der Waals surface area contributed by atoms with Crippen molar-refractivity contribution in [2.45, 2.75) is 25.7 Å². The Bertz CT molecular complexity index is 971. The van der Waals surface area contributed by atoms with Crippen LogP contribution in [0.4, 0.5) is 10.1 Å². The molecule has 3 rings (SSSR count). The quantitative estimate of drug-likeness (QED) is 0.495. The molecular formula is C23H27Cl2FN4O2. The largest absolute Gasteiger partial charge is 0.356 e. The van der Waals surface area contributed by atoms with Gasteiger partial charge in [-0.3, -0.25) is 9.59 Å². The van der Waals surface area contributed by atoms with Gasteiger partial charge in [-0.2, -0.15) is 0 Å². The molecule has 0 radical (unpaired) electrons. The predicted octanol–water partition coefficient (Wildman–Crippen LogP) is 4.34. The molecule has 1 saturated carbocycles. The van der Waals surface area contributed by atoms with Crippen molar-refractivity contribution in [1.82, 2.24) is 15.2 Å². The Hall–Kier alpha value is -2.22. The minimum atomic E-state index is -1.12. The topological polar surface area (TPSA) is 74.3 Å². The van der Waals surface area contributed by atoms with E-state index < -0.39 is 23.6 Å². The van der Waals surface area contributed by atoms with Gasteiger partial charge in [-0.1, -0.05) is 29.3 Å². The summed E-state index contributed by atoms with van der Waals surface area (Å²) < 4.78 is 15.0. The Kier molecular flexibility index (Phi) is 8.45. The molecular weight excluding hydrogens is 454 g/mol. The molecule has 6 nitrogen and oxygen atoms in total. The standard InChI is InChI=1S/C23H27Cl2FN4O2/c1-3-27-22(31)18(13-30(2)12-14-7-8-14)19(17-9-10-28-21(25)20(17)26)23(32)29-16-6-4-5-15(24)11-16/h4-6,9-11,14,18-19H,3,7-8,12-13H2,1-2H3,(H,27,31)(H,29,32)/t18-,19?/m1/s1. The predicted molar refractivity (Wildman–Crippen MR) is 124 cm³/mol. The van der Waals surface area contributed by atoms with Gasteiger partial charge in [0.1, 0.15) is 0 Å². The monoisotopic (exact) mass is 480 g/mol. The second kappa shape index (κ2) is 11.1. The summed E-state index contributed by atoms with van der Waals surface area (Å²) in [6.45, 7) is 3.30. The van der Waals surface area contributed by atoms with E-state index in [0.29, 0.717) is 23.2 Å². The van der Waals surface area contributed by atoms with Gasteiger partial charge in [0, 0.05) is 42.1 Å². The summed E-state index contributed by atoms with van der Waals surface area (Å²) >= 11 is 12.0. The van der Waals surface area contributed by atoms with Gasteiger partial charge >= 0.3 is 0 Å². The third kappa shape index (κ3) is 6.40. The summed E-state index contributed by atoms with van der Waals surface area (Å²) in [4.78, 5) is 32.3. The van der Waals surface area contributed by atoms with E-state index in [9.17, 15) is 9.59 Å². The molecule has 32 heavy (non-hydrogen) atoms. The van der Waals surface area contributed by atoms with E-state index in [1.165, 1.54) is 12.3 Å². The number of carbonyl (C=O) groups is 2. The molecule has 0 aliphatic heterocycles. The highest BCUT2D eigenvalue weighted by atomic mass is 35.5. The third-order valence-corrected chi connectivity index (χ3v) is 5.95. The fourth-order valence-electron chi connectivity index (χ4n) is 3.80. The number of hydrogen-bond donors (Lipinski definition) is 2. The lowest BCUT2D eigenvalue weighted by molar-refractivity contribution is -0.130. The van der Waals surface area contributed by atoms with Gasteiger partial charge in [0.2, 0.25) is 11.8 Å². The van der Waals surface area contributed by atoms with Crippen LogP contribution in [0.5, 0.6) is 0 Å². The van der Waals surface area contributed by atoms with Gasteiger partial charge in [0.25, 0.3) is 0 Å². The average molecular weight is 481 g/mol. The Morgan fingerprint density at radius 2 is 2.00 bits per heavy atom. The number of nitrogens with zero attached hydrogens (tertiary/aromatic N) is 2. The van der Waals surface area contributed by atoms with Gasteiger partial charge in [-0.15, -0.1) is 0 Å². The zero-order valence-corrected chi connectivity index (χ0v) is 19.6.